The summed E-state index contributed by atoms with van der Waals surface area (Å²) >= 11 is 0. The summed E-state index contributed by atoms with van der Waals surface area (Å²) in [5.74, 6) is 2.38. The molecule has 1 atom stereocenters. The lowest BCUT2D eigenvalue weighted by Gasteiger charge is -2.33. The molecule has 1 unspecified atom stereocenters. The molecule has 1 aromatic heterocycles. The maximum absolute atomic E-state index is 12.6. The van der Waals surface area contributed by atoms with Gasteiger partial charge in [0.15, 0.2) is 0 Å². The SMILES string of the molecule is Cc1nc(C)n(CC2CCCN(C(=O)Cc3ccc(N)cc3)C2)n1.Cl.Cl. The van der Waals surface area contributed by atoms with E-state index in [1.165, 1.54) is 0 Å². The van der Waals surface area contributed by atoms with E-state index in [9.17, 15) is 4.79 Å². The van der Waals surface area contributed by atoms with E-state index in [0.29, 0.717) is 12.3 Å². The largest absolute Gasteiger partial charge is 0.399 e. The number of nitrogens with zero attached hydrogens (tertiary/aromatic N) is 4. The van der Waals surface area contributed by atoms with Crippen molar-refractivity contribution in [3.05, 3.63) is 41.5 Å². The van der Waals surface area contributed by atoms with E-state index in [-0.39, 0.29) is 30.7 Å². The van der Waals surface area contributed by atoms with Gasteiger partial charge in [-0.15, -0.1) is 24.8 Å². The van der Waals surface area contributed by atoms with Crippen molar-refractivity contribution >= 4 is 36.4 Å². The normalized spacial score (nSPS) is 16.5. The standard InChI is InChI=1S/C18H25N5O.2ClH/c1-13-20-14(2)23(21-13)12-16-4-3-9-22(11-16)18(24)10-15-5-7-17(19)8-6-15;;/h5-8,16H,3-4,9-12,19H2,1-2H3;2*1H. The van der Waals surface area contributed by atoms with Crippen molar-refractivity contribution in [2.24, 2.45) is 5.92 Å². The van der Waals surface area contributed by atoms with E-state index in [1.807, 2.05) is 47.7 Å². The molecule has 0 saturated carbocycles. The van der Waals surface area contributed by atoms with E-state index in [4.69, 9.17) is 5.73 Å². The van der Waals surface area contributed by atoms with Crippen molar-refractivity contribution in [2.45, 2.75) is 39.7 Å². The molecule has 144 valence electrons. The summed E-state index contributed by atoms with van der Waals surface area (Å²) in [4.78, 5) is 18.9. The lowest BCUT2D eigenvalue weighted by Crippen LogP contribution is -2.42. The summed E-state index contributed by atoms with van der Waals surface area (Å²) in [6.07, 6.45) is 2.61. The zero-order valence-corrected chi connectivity index (χ0v) is 16.9. The molecule has 1 aliphatic heterocycles. The number of aromatic nitrogens is 3. The Labute approximate surface area is 167 Å². The fourth-order valence-electron chi connectivity index (χ4n) is 3.34. The molecule has 0 bridgehead atoms. The molecular formula is C18H27Cl2N5O. The third kappa shape index (κ3) is 5.61. The van der Waals surface area contributed by atoms with Gasteiger partial charge in [-0.3, -0.25) is 4.79 Å². The summed E-state index contributed by atoms with van der Waals surface area (Å²) in [7, 11) is 0. The lowest BCUT2D eigenvalue weighted by atomic mass is 9.97. The molecule has 0 aliphatic carbocycles. The highest BCUT2D eigenvalue weighted by molar-refractivity contribution is 5.85. The molecule has 2 aromatic rings. The average Bonchev–Trinajstić information content (AvgIpc) is 2.87. The van der Waals surface area contributed by atoms with Gasteiger partial charge in [0.2, 0.25) is 5.91 Å². The molecular weight excluding hydrogens is 373 g/mol. The number of nitrogen functional groups attached to an aromatic ring is 1. The summed E-state index contributed by atoms with van der Waals surface area (Å²) in [5, 5.41) is 4.44. The minimum Gasteiger partial charge on any atom is -0.399 e. The number of carbonyl (C=O) groups excluding carboxylic acids is 1. The van der Waals surface area contributed by atoms with Gasteiger partial charge in [-0.1, -0.05) is 12.1 Å². The number of nitrogens with two attached hydrogens (primary N) is 1. The van der Waals surface area contributed by atoms with Gasteiger partial charge in [0.25, 0.3) is 0 Å². The summed E-state index contributed by atoms with van der Waals surface area (Å²) in [5.41, 5.74) is 7.43. The van der Waals surface area contributed by atoms with Crippen molar-refractivity contribution in [3.63, 3.8) is 0 Å². The van der Waals surface area contributed by atoms with Gasteiger partial charge in [-0.25, -0.2) is 9.67 Å². The van der Waals surface area contributed by atoms with Crippen LogP contribution in [0, 0.1) is 19.8 Å². The number of carbonyl (C=O) groups is 1. The van der Waals surface area contributed by atoms with Gasteiger partial charge < -0.3 is 10.6 Å². The summed E-state index contributed by atoms with van der Waals surface area (Å²) in [6, 6.07) is 7.54. The van der Waals surface area contributed by atoms with Crippen molar-refractivity contribution in [3.8, 4) is 0 Å². The topological polar surface area (TPSA) is 77.0 Å². The zero-order chi connectivity index (χ0) is 17.1. The third-order valence-electron chi connectivity index (χ3n) is 4.60. The zero-order valence-electron chi connectivity index (χ0n) is 15.2. The Morgan fingerprint density at radius 1 is 1.23 bits per heavy atom. The summed E-state index contributed by atoms with van der Waals surface area (Å²) in [6.45, 7) is 6.36. The molecule has 0 radical (unpaired) electrons. The van der Waals surface area contributed by atoms with E-state index in [0.717, 1.165) is 55.4 Å². The minimum absolute atomic E-state index is 0. The number of halogens is 2. The first kappa shape index (κ1) is 22.3. The van der Waals surface area contributed by atoms with Crippen molar-refractivity contribution in [1.29, 1.82) is 0 Å². The van der Waals surface area contributed by atoms with E-state index < -0.39 is 0 Å². The Kier molecular flexibility index (Phi) is 8.37. The number of benzene rings is 1. The molecule has 1 amide bonds. The van der Waals surface area contributed by atoms with Gasteiger partial charge in [-0.05, 0) is 50.3 Å². The molecule has 0 spiro atoms. The fourth-order valence-corrected chi connectivity index (χ4v) is 3.34. The Morgan fingerprint density at radius 3 is 2.54 bits per heavy atom. The molecule has 8 heteroatoms. The van der Waals surface area contributed by atoms with Crippen LogP contribution in [0.15, 0.2) is 24.3 Å². The van der Waals surface area contributed by atoms with E-state index in [2.05, 4.69) is 10.1 Å². The van der Waals surface area contributed by atoms with Crippen LogP contribution in [0.2, 0.25) is 0 Å². The van der Waals surface area contributed by atoms with Crippen LogP contribution in [-0.2, 0) is 17.8 Å². The third-order valence-corrected chi connectivity index (χ3v) is 4.60. The fraction of sp³-hybridized carbons (Fsp3) is 0.500. The predicted octanol–water partition coefficient (Wildman–Crippen LogP) is 2.80. The van der Waals surface area contributed by atoms with Crippen LogP contribution < -0.4 is 5.73 Å². The van der Waals surface area contributed by atoms with Crippen LogP contribution >= 0.6 is 24.8 Å². The van der Waals surface area contributed by atoms with Gasteiger partial charge in [0, 0.05) is 25.3 Å². The molecule has 6 nitrogen and oxygen atoms in total. The maximum Gasteiger partial charge on any atom is 0.226 e. The lowest BCUT2D eigenvalue weighted by molar-refractivity contribution is -0.132. The quantitative estimate of drug-likeness (QED) is 0.801. The predicted molar refractivity (Wildman–Crippen MR) is 108 cm³/mol. The number of hydrogen-bond acceptors (Lipinski definition) is 4. The molecule has 2 heterocycles. The molecule has 2 N–H and O–H groups in total. The Morgan fingerprint density at radius 2 is 1.92 bits per heavy atom. The van der Waals surface area contributed by atoms with Crippen molar-refractivity contribution in [2.75, 3.05) is 18.8 Å². The molecule has 1 fully saturated rings. The Bertz CT molecular complexity index is 717. The first-order chi connectivity index (χ1) is 11.5. The number of aryl methyl sites for hydroxylation is 2. The van der Waals surface area contributed by atoms with Crippen LogP contribution in [0.25, 0.3) is 0 Å². The van der Waals surface area contributed by atoms with E-state index in [1.54, 1.807) is 0 Å². The molecule has 26 heavy (non-hydrogen) atoms. The van der Waals surface area contributed by atoms with Crippen molar-refractivity contribution < 1.29 is 4.79 Å². The number of anilines is 1. The molecule has 1 saturated heterocycles. The van der Waals surface area contributed by atoms with Gasteiger partial charge in [0.1, 0.15) is 11.6 Å². The molecule has 1 aromatic carbocycles. The number of rotatable bonds is 4. The Balaban J connectivity index is 0.00000169. The van der Waals surface area contributed by atoms with Crippen LogP contribution in [0.4, 0.5) is 5.69 Å². The van der Waals surface area contributed by atoms with Gasteiger partial charge in [0.05, 0.1) is 6.42 Å². The van der Waals surface area contributed by atoms with E-state index >= 15 is 0 Å². The van der Waals surface area contributed by atoms with Crippen LogP contribution in [-0.4, -0.2) is 38.7 Å². The van der Waals surface area contributed by atoms with Crippen LogP contribution in [0.5, 0.6) is 0 Å². The monoisotopic (exact) mass is 399 g/mol. The second kappa shape index (κ2) is 9.78. The molecule has 1 aliphatic rings. The maximum atomic E-state index is 12.6. The highest BCUT2D eigenvalue weighted by Gasteiger charge is 2.24. The highest BCUT2D eigenvalue weighted by atomic mass is 35.5. The number of amides is 1. The van der Waals surface area contributed by atoms with Gasteiger partial charge >= 0.3 is 0 Å². The number of hydrogen-bond donors (Lipinski definition) is 1. The van der Waals surface area contributed by atoms with Crippen LogP contribution in [0.1, 0.15) is 30.1 Å². The first-order valence-electron chi connectivity index (χ1n) is 8.51. The number of piperidine rings is 1. The summed E-state index contributed by atoms with van der Waals surface area (Å²) < 4.78 is 1.97. The highest BCUT2D eigenvalue weighted by Crippen LogP contribution is 2.20. The Hall–Kier alpha value is -1.79. The average molecular weight is 400 g/mol. The van der Waals surface area contributed by atoms with Crippen molar-refractivity contribution in [1.82, 2.24) is 19.7 Å². The number of likely N-dealkylation sites (tertiary alicyclic amines) is 1. The van der Waals surface area contributed by atoms with Gasteiger partial charge in [-0.2, -0.15) is 5.10 Å². The molecule has 3 rings (SSSR count). The van der Waals surface area contributed by atoms with Crippen LogP contribution in [0.3, 0.4) is 0 Å². The second-order valence-corrected chi connectivity index (χ2v) is 6.65. The minimum atomic E-state index is 0. The first-order valence-corrected chi connectivity index (χ1v) is 8.51. The second-order valence-electron chi connectivity index (χ2n) is 6.65. The smallest absolute Gasteiger partial charge is 0.226 e.